The fourth-order valence-electron chi connectivity index (χ4n) is 1.72. The van der Waals surface area contributed by atoms with E-state index < -0.39 is 12.1 Å². The first-order chi connectivity index (χ1) is 4.81. The van der Waals surface area contributed by atoms with E-state index in [1.54, 1.807) is 0 Å². The lowest BCUT2D eigenvalue weighted by atomic mass is 9.90. The molecule has 0 aliphatic heterocycles. The topological polar surface area (TPSA) is 0 Å². The van der Waals surface area contributed by atoms with E-state index in [2.05, 4.69) is 0 Å². The zero-order chi connectivity index (χ0) is 8.70. The average molecular weight is 166 g/mol. The Bertz CT molecular complexity index is 146. The number of hydrogen-bond acceptors (Lipinski definition) is 0. The number of hydrogen-bond donors (Lipinski definition) is 0. The lowest BCUT2D eigenvalue weighted by molar-refractivity contribution is -0.174. The van der Waals surface area contributed by atoms with Crippen molar-refractivity contribution in [2.45, 2.75) is 39.3 Å². The molecule has 1 aliphatic carbocycles. The van der Waals surface area contributed by atoms with Crippen LogP contribution in [0.3, 0.4) is 0 Å². The van der Waals surface area contributed by atoms with Gasteiger partial charge >= 0.3 is 6.18 Å². The van der Waals surface area contributed by atoms with Crippen LogP contribution in [0.2, 0.25) is 0 Å². The molecule has 1 rings (SSSR count). The molecule has 1 saturated carbocycles. The van der Waals surface area contributed by atoms with Gasteiger partial charge in [0.25, 0.3) is 0 Å². The monoisotopic (exact) mass is 166 g/mol. The van der Waals surface area contributed by atoms with Crippen LogP contribution in [0.25, 0.3) is 0 Å². The molecule has 0 radical (unpaired) electrons. The van der Waals surface area contributed by atoms with E-state index in [-0.39, 0.29) is 5.41 Å². The Labute approximate surface area is 64.8 Å². The quantitative estimate of drug-likeness (QED) is 0.517. The predicted octanol–water partition coefficient (Wildman–Crippen LogP) is 3.38. The Hall–Kier alpha value is -0.210. The van der Waals surface area contributed by atoms with Gasteiger partial charge in [0, 0.05) is 0 Å². The first-order valence-electron chi connectivity index (χ1n) is 3.88. The average Bonchev–Trinajstić information content (AvgIpc) is 2.07. The smallest absolute Gasteiger partial charge is 0.171 e. The van der Waals surface area contributed by atoms with Crippen molar-refractivity contribution >= 4 is 0 Å². The highest BCUT2D eigenvalue weighted by Crippen LogP contribution is 2.47. The fraction of sp³-hybridized carbons (Fsp3) is 1.00. The third kappa shape index (κ3) is 2.11. The molecule has 11 heavy (non-hydrogen) atoms. The Kier molecular flexibility index (Phi) is 1.93. The van der Waals surface area contributed by atoms with Gasteiger partial charge in [-0.05, 0) is 24.7 Å². The lowest BCUT2D eigenvalue weighted by Gasteiger charge is -2.18. The Balaban J connectivity index is 2.55. The Morgan fingerprint density at radius 2 is 1.82 bits per heavy atom. The highest BCUT2D eigenvalue weighted by Gasteiger charge is 2.46. The summed E-state index contributed by atoms with van der Waals surface area (Å²) in [5, 5.41) is 0. The van der Waals surface area contributed by atoms with Crippen LogP contribution in [0.15, 0.2) is 0 Å². The standard InChI is InChI=1S/C8H13F3/c1-7(2)4-3-6(5-7)8(9,10)11/h6H,3-5H2,1-2H3. The summed E-state index contributed by atoms with van der Waals surface area (Å²) < 4.78 is 36.3. The van der Waals surface area contributed by atoms with Crippen molar-refractivity contribution in [3.8, 4) is 0 Å². The molecule has 1 atom stereocenters. The lowest BCUT2D eigenvalue weighted by Crippen LogP contribution is -2.21. The molecule has 3 heteroatoms. The second-order valence-electron chi connectivity index (χ2n) is 4.15. The minimum Gasteiger partial charge on any atom is -0.171 e. The second-order valence-corrected chi connectivity index (χ2v) is 4.15. The van der Waals surface area contributed by atoms with Gasteiger partial charge in [-0.1, -0.05) is 13.8 Å². The molecule has 0 bridgehead atoms. The predicted molar refractivity (Wildman–Crippen MR) is 37.2 cm³/mol. The van der Waals surface area contributed by atoms with Gasteiger partial charge in [-0.15, -0.1) is 0 Å². The summed E-state index contributed by atoms with van der Waals surface area (Å²) in [6.07, 6.45) is -2.64. The minimum absolute atomic E-state index is 0.0970. The van der Waals surface area contributed by atoms with Crippen molar-refractivity contribution in [1.82, 2.24) is 0 Å². The first kappa shape index (κ1) is 8.88. The van der Waals surface area contributed by atoms with Crippen molar-refractivity contribution < 1.29 is 13.2 Å². The summed E-state index contributed by atoms with van der Waals surface area (Å²) >= 11 is 0. The maximum absolute atomic E-state index is 12.1. The number of alkyl halides is 3. The van der Waals surface area contributed by atoms with Crippen molar-refractivity contribution in [3.05, 3.63) is 0 Å². The van der Waals surface area contributed by atoms with Crippen LogP contribution in [0.5, 0.6) is 0 Å². The van der Waals surface area contributed by atoms with Gasteiger partial charge in [0.1, 0.15) is 0 Å². The van der Waals surface area contributed by atoms with Gasteiger partial charge in [-0.2, -0.15) is 13.2 Å². The molecule has 0 N–H and O–H groups in total. The molecule has 0 saturated heterocycles. The molecular formula is C8H13F3. The third-order valence-electron chi connectivity index (χ3n) is 2.43. The Morgan fingerprint density at radius 1 is 1.27 bits per heavy atom. The summed E-state index contributed by atoms with van der Waals surface area (Å²) in [6.45, 7) is 3.80. The van der Waals surface area contributed by atoms with Gasteiger partial charge in [-0.25, -0.2) is 0 Å². The van der Waals surface area contributed by atoms with Gasteiger partial charge < -0.3 is 0 Å². The summed E-state index contributed by atoms with van der Waals surface area (Å²) in [7, 11) is 0. The number of halogens is 3. The molecule has 0 heterocycles. The third-order valence-corrected chi connectivity index (χ3v) is 2.43. The second kappa shape index (κ2) is 2.39. The molecule has 0 amide bonds. The van der Waals surface area contributed by atoms with Gasteiger partial charge in [0.05, 0.1) is 5.92 Å². The van der Waals surface area contributed by atoms with Gasteiger partial charge in [-0.3, -0.25) is 0 Å². The van der Waals surface area contributed by atoms with E-state index in [1.807, 2.05) is 13.8 Å². The SMILES string of the molecule is CC1(C)CCC(C(F)(F)F)C1. The molecule has 1 unspecified atom stereocenters. The van der Waals surface area contributed by atoms with E-state index >= 15 is 0 Å². The van der Waals surface area contributed by atoms with Crippen LogP contribution in [-0.4, -0.2) is 6.18 Å². The molecule has 0 spiro atoms. The van der Waals surface area contributed by atoms with E-state index in [0.717, 1.165) is 0 Å². The molecule has 0 aromatic rings. The van der Waals surface area contributed by atoms with Crippen LogP contribution in [0.4, 0.5) is 13.2 Å². The number of rotatable bonds is 0. The highest BCUT2D eigenvalue weighted by molar-refractivity contribution is 4.85. The van der Waals surface area contributed by atoms with Crippen LogP contribution in [-0.2, 0) is 0 Å². The van der Waals surface area contributed by atoms with Crippen LogP contribution < -0.4 is 0 Å². The van der Waals surface area contributed by atoms with Crippen LogP contribution >= 0.6 is 0 Å². The molecule has 0 nitrogen and oxygen atoms in total. The van der Waals surface area contributed by atoms with Crippen molar-refractivity contribution in [3.63, 3.8) is 0 Å². The van der Waals surface area contributed by atoms with E-state index in [0.29, 0.717) is 19.3 Å². The van der Waals surface area contributed by atoms with Gasteiger partial charge in [0.15, 0.2) is 0 Å². The normalized spacial score (nSPS) is 30.8. The summed E-state index contributed by atoms with van der Waals surface area (Å²) in [5.41, 5.74) is -0.0970. The van der Waals surface area contributed by atoms with E-state index in [1.165, 1.54) is 0 Å². The first-order valence-corrected chi connectivity index (χ1v) is 3.88. The van der Waals surface area contributed by atoms with Gasteiger partial charge in [0.2, 0.25) is 0 Å². The zero-order valence-electron chi connectivity index (χ0n) is 6.83. The molecular weight excluding hydrogens is 153 g/mol. The van der Waals surface area contributed by atoms with E-state index in [9.17, 15) is 13.2 Å². The van der Waals surface area contributed by atoms with Crippen LogP contribution in [0.1, 0.15) is 33.1 Å². The van der Waals surface area contributed by atoms with Crippen molar-refractivity contribution in [2.24, 2.45) is 11.3 Å². The maximum atomic E-state index is 12.1. The zero-order valence-corrected chi connectivity index (χ0v) is 6.83. The molecule has 1 fully saturated rings. The molecule has 0 aromatic heterocycles. The largest absolute Gasteiger partial charge is 0.391 e. The van der Waals surface area contributed by atoms with Crippen LogP contribution in [0, 0.1) is 11.3 Å². The summed E-state index contributed by atoms with van der Waals surface area (Å²) in [4.78, 5) is 0. The maximum Gasteiger partial charge on any atom is 0.391 e. The Morgan fingerprint density at radius 3 is 2.00 bits per heavy atom. The molecule has 0 aromatic carbocycles. The van der Waals surface area contributed by atoms with Crippen molar-refractivity contribution in [1.29, 1.82) is 0 Å². The van der Waals surface area contributed by atoms with E-state index in [4.69, 9.17) is 0 Å². The summed E-state index contributed by atoms with van der Waals surface area (Å²) in [5.74, 6) is -1.04. The minimum atomic E-state index is -3.96. The molecule has 66 valence electrons. The fourth-order valence-corrected chi connectivity index (χ4v) is 1.72. The van der Waals surface area contributed by atoms with Crippen molar-refractivity contribution in [2.75, 3.05) is 0 Å². The molecule has 1 aliphatic rings. The highest BCUT2D eigenvalue weighted by atomic mass is 19.4. The summed E-state index contributed by atoms with van der Waals surface area (Å²) in [6, 6.07) is 0.